The molecule has 0 spiro atoms. The minimum Gasteiger partial charge on any atom is -0.451 e. The number of nitrogens with zero attached hydrogens (tertiary/aromatic N) is 1. The van der Waals surface area contributed by atoms with Gasteiger partial charge in [0.05, 0.1) is 5.56 Å². The highest BCUT2D eigenvalue weighted by Crippen LogP contribution is 2.37. The summed E-state index contributed by atoms with van der Waals surface area (Å²) in [6.45, 7) is 0. The van der Waals surface area contributed by atoms with Crippen LogP contribution in [0.4, 0.5) is 18.9 Å². The van der Waals surface area contributed by atoms with E-state index in [4.69, 9.17) is 4.42 Å². The first-order valence-electron chi connectivity index (χ1n) is 6.93. The Morgan fingerprint density at radius 2 is 1.71 bits per heavy atom. The zero-order chi connectivity index (χ0) is 17.2. The Hall–Kier alpha value is -3.09. The Morgan fingerprint density at radius 1 is 1.04 bits per heavy atom. The van der Waals surface area contributed by atoms with Crippen LogP contribution < -0.4 is 5.32 Å². The number of nitrogens with one attached hydrogen (secondary N) is 1. The third kappa shape index (κ3) is 3.29. The van der Waals surface area contributed by atoms with Crippen molar-refractivity contribution in [2.75, 3.05) is 5.32 Å². The molecule has 0 fully saturated rings. The van der Waals surface area contributed by atoms with Crippen molar-refractivity contribution in [1.29, 1.82) is 0 Å². The molecule has 0 aliphatic carbocycles. The second-order valence-corrected chi connectivity index (χ2v) is 4.91. The van der Waals surface area contributed by atoms with Gasteiger partial charge in [0.1, 0.15) is 5.76 Å². The predicted molar refractivity (Wildman–Crippen MR) is 81.3 cm³/mol. The van der Waals surface area contributed by atoms with Gasteiger partial charge >= 0.3 is 6.18 Å². The molecule has 0 aliphatic heterocycles. The molecule has 122 valence electrons. The quantitative estimate of drug-likeness (QED) is 0.762. The molecule has 3 rings (SSSR count). The maximum atomic E-state index is 13.2. The number of benzene rings is 1. The Balaban J connectivity index is 1.99. The maximum absolute atomic E-state index is 13.2. The summed E-state index contributed by atoms with van der Waals surface area (Å²) in [7, 11) is 0. The number of carbonyl (C=O) groups is 1. The summed E-state index contributed by atoms with van der Waals surface area (Å²) < 4.78 is 44.5. The van der Waals surface area contributed by atoms with Gasteiger partial charge in [0, 0.05) is 23.6 Å². The lowest BCUT2D eigenvalue weighted by Crippen LogP contribution is -2.16. The molecule has 1 amide bonds. The number of aromatic nitrogens is 1. The van der Waals surface area contributed by atoms with Gasteiger partial charge in [0.25, 0.3) is 5.91 Å². The van der Waals surface area contributed by atoms with E-state index in [0.717, 1.165) is 6.07 Å². The second-order valence-electron chi connectivity index (χ2n) is 4.91. The summed E-state index contributed by atoms with van der Waals surface area (Å²) in [6.07, 6.45) is -1.94. The molecule has 0 saturated carbocycles. The van der Waals surface area contributed by atoms with E-state index >= 15 is 0 Å². The molecule has 0 saturated heterocycles. The van der Waals surface area contributed by atoms with Crippen molar-refractivity contribution in [3.05, 3.63) is 72.2 Å². The summed E-state index contributed by atoms with van der Waals surface area (Å²) in [4.78, 5) is 16.0. The summed E-state index contributed by atoms with van der Waals surface area (Å²) in [5, 5.41) is 2.40. The van der Waals surface area contributed by atoms with Crippen LogP contribution in [0.25, 0.3) is 11.3 Å². The zero-order valence-corrected chi connectivity index (χ0v) is 12.2. The fourth-order valence-corrected chi connectivity index (χ4v) is 2.15. The Kier molecular flexibility index (Phi) is 4.07. The minimum absolute atomic E-state index is 0.0252. The third-order valence-electron chi connectivity index (χ3n) is 3.23. The molecule has 24 heavy (non-hydrogen) atoms. The van der Waals surface area contributed by atoms with Crippen LogP contribution >= 0.6 is 0 Å². The standard InChI is InChI=1S/C17H11F3N2O2/c18-17(19,20)15-13(16(23)22-12-6-8-21-9-7-12)10-14(24-15)11-4-2-1-3-5-11/h1-10H,(H,21,22,23). The predicted octanol–water partition coefficient (Wildman–Crippen LogP) is 4.61. The van der Waals surface area contributed by atoms with E-state index in [0.29, 0.717) is 11.3 Å². The van der Waals surface area contributed by atoms with Crippen LogP contribution in [0.3, 0.4) is 0 Å². The number of carbonyl (C=O) groups excluding carboxylic acids is 1. The van der Waals surface area contributed by atoms with E-state index < -0.39 is 23.4 Å². The van der Waals surface area contributed by atoms with Crippen molar-refractivity contribution in [2.45, 2.75) is 6.18 Å². The van der Waals surface area contributed by atoms with Gasteiger partial charge in [0.2, 0.25) is 5.76 Å². The lowest BCUT2D eigenvalue weighted by atomic mass is 10.1. The Bertz CT molecular complexity index is 843. The van der Waals surface area contributed by atoms with Crippen molar-refractivity contribution >= 4 is 11.6 Å². The van der Waals surface area contributed by atoms with Crippen LogP contribution in [0.15, 0.2) is 65.3 Å². The first-order chi connectivity index (χ1) is 11.4. The van der Waals surface area contributed by atoms with Gasteiger partial charge in [-0.3, -0.25) is 9.78 Å². The van der Waals surface area contributed by atoms with Crippen LogP contribution in [0.2, 0.25) is 0 Å². The smallest absolute Gasteiger partial charge is 0.450 e. The molecule has 3 aromatic rings. The molecular weight excluding hydrogens is 321 g/mol. The second kappa shape index (κ2) is 6.19. The summed E-state index contributed by atoms with van der Waals surface area (Å²) in [5.74, 6) is -2.25. The first kappa shape index (κ1) is 15.8. The average Bonchev–Trinajstić information content (AvgIpc) is 3.02. The highest BCUT2D eigenvalue weighted by atomic mass is 19.4. The van der Waals surface area contributed by atoms with Crippen molar-refractivity contribution in [3.63, 3.8) is 0 Å². The lowest BCUT2D eigenvalue weighted by Gasteiger charge is -2.07. The lowest BCUT2D eigenvalue weighted by molar-refractivity contribution is -0.153. The highest BCUT2D eigenvalue weighted by Gasteiger charge is 2.40. The normalized spacial score (nSPS) is 11.3. The molecule has 1 aromatic carbocycles. The molecule has 0 bridgehead atoms. The molecule has 0 unspecified atom stereocenters. The van der Waals surface area contributed by atoms with Crippen LogP contribution in [-0.4, -0.2) is 10.9 Å². The van der Waals surface area contributed by atoms with Crippen LogP contribution in [0, 0.1) is 0 Å². The SMILES string of the molecule is O=C(Nc1ccncc1)c1cc(-c2ccccc2)oc1C(F)(F)F. The van der Waals surface area contributed by atoms with Crippen LogP contribution in [0.5, 0.6) is 0 Å². The number of pyridine rings is 1. The molecule has 2 heterocycles. The number of rotatable bonds is 3. The first-order valence-corrected chi connectivity index (χ1v) is 6.93. The molecule has 4 nitrogen and oxygen atoms in total. The number of halogens is 3. The average molecular weight is 332 g/mol. The van der Waals surface area contributed by atoms with Gasteiger partial charge in [-0.2, -0.15) is 13.2 Å². The fraction of sp³-hybridized carbons (Fsp3) is 0.0588. The van der Waals surface area contributed by atoms with Gasteiger partial charge in [-0.15, -0.1) is 0 Å². The monoisotopic (exact) mass is 332 g/mol. The molecule has 0 atom stereocenters. The van der Waals surface area contributed by atoms with Crippen molar-refractivity contribution in [1.82, 2.24) is 4.98 Å². The van der Waals surface area contributed by atoms with E-state index in [1.165, 1.54) is 24.5 Å². The molecule has 7 heteroatoms. The highest BCUT2D eigenvalue weighted by molar-refractivity contribution is 6.05. The van der Waals surface area contributed by atoms with Crippen molar-refractivity contribution < 1.29 is 22.4 Å². The van der Waals surface area contributed by atoms with Crippen molar-refractivity contribution in [3.8, 4) is 11.3 Å². The molecule has 0 radical (unpaired) electrons. The number of amides is 1. The van der Waals surface area contributed by atoms with Gasteiger partial charge in [-0.25, -0.2) is 0 Å². The number of furan rings is 1. The third-order valence-corrected chi connectivity index (χ3v) is 3.23. The number of hydrogen-bond donors (Lipinski definition) is 1. The van der Waals surface area contributed by atoms with E-state index in [1.807, 2.05) is 0 Å². The van der Waals surface area contributed by atoms with Gasteiger partial charge < -0.3 is 9.73 Å². The van der Waals surface area contributed by atoms with E-state index in [1.54, 1.807) is 30.3 Å². The Morgan fingerprint density at radius 3 is 2.33 bits per heavy atom. The molecule has 1 N–H and O–H groups in total. The molecule has 2 aromatic heterocycles. The van der Waals surface area contributed by atoms with E-state index in [9.17, 15) is 18.0 Å². The largest absolute Gasteiger partial charge is 0.451 e. The molecular formula is C17H11F3N2O2. The molecule has 0 aliphatic rings. The van der Waals surface area contributed by atoms with Crippen LogP contribution in [-0.2, 0) is 6.18 Å². The van der Waals surface area contributed by atoms with E-state index in [-0.39, 0.29) is 5.76 Å². The summed E-state index contributed by atoms with van der Waals surface area (Å²) in [6, 6.07) is 12.3. The van der Waals surface area contributed by atoms with E-state index in [2.05, 4.69) is 10.3 Å². The number of hydrogen-bond acceptors (Lipinski definition) is 3. The van der Waals surface area contributed by atoms with Crippen LogP contribution in [0.1, 0.15) is 16.1 Å². The topological polar surface area (TPSA) is 55.1 Å². The van der Waals surface area contributed by atoms with Gasteiger partial charge in [0.15, 0.2) is 0 Å². The Labute approximate surface area is 134 Å². The van der Waals surface area contributed by atoms with Gasteiger partial charge in [-0.05, 0) is 18.2 Å². The van der Waals surface area contributed by atoms with Crippen molar-refractivity contribution in [2.24, 2.45) is 0 Å². The fourth-order valence-electron chi connectivity index (χ4n) is 2.15. The number of alkyl halides is 3. The summed E-state index contributed by atoms with van der Waals surface area (Å²) >= 11 is 0. The van der Waals surface area contributed by atoms with Gasteiger partial charge in [-0.1, -0.05) is 30.3 Å². The summed E-state index contributed by atoms with van der Waals surface area (Å²) in [5.41, 5.74) is 0.217. The zero-order valence-electron chi connectivity index (χ0n) is 12.2. The minimum atomic E-state index is -4.78. The number of anilines is 1. The maximum Gasteiger partial charge on any atom is 0.450 e.